The van der Waals surface area contributed by atoms with Crippen LogP contribution in [0.2, 0.25) is 5.02 Å². The second-order valence-corrected chi connectivity index (χ2v) is 6.16. The minimum atomic E-state index is -1.08. The summed E-state index contributed by atoms with van der Waals surface area (Å²) < 4.78 is 0.953. The lowest BCUT2D eigenvalue weighted by molar-refractivity contribution is -0.112. The van der Waals surface area contributed by atoms with Gasteiger partial charge in [0.2, 0.25) is 0 Å². The Morgan fingerprint density at radius 3 is 2.43 bits per heavy atom. The average molecular weight is 395 g/mol. The van der Waals surface area contributed by atoms with Gasteiger partial charge in [0.25, 0.3) is 5.91 Å². The molecule has 2 rings (SSSR count). The number of halogens is 2. The maximum Gasteiger partial charge on any atom is 0.335 e. The first-order valence-electron chi connectivity index (χ1n) is 6.65. The average Bonchev–Trinajstić information content (AvgIpc) is 2.51. The lowest BCUT2D eigenvalue weighted by Gasteiger charge is -2.08. The Bertz CT molecular complexity index is 785. The Labute approximate surface area is 146 Å². The highest BCUT2D eigenvalue weighted by molar-refractivity contribution is 9.10. The first-order valence-corrected chi connectivity index (χ1v) is 7.82. The molecular weight excluding hydrogens is 382 g/mol. The number of carboxylic acid groups (broad SMARTS) is 1. The van der Waals surface area contributed by atoms with Crippen LogP contribution in [0.5, 0.6) is 0 Å². The SMILES string of the molecule is CC(=Cc1ccc(Br)cc1)C(=O)Nc1cc(C(=O)O)ccc1Cl. The Morgan fingerprint density at radius 2 is 1.83 bits per heavy atom. The van der Waals surface area contributed by atoms with Gasteiger partial charge in [0, 0.05) is 10.0 Å². The van der Waals surface area contributed by atoms with E-state index in [1.807, 2.05) is 24.3 Å². The number of carboxylic acids is 1. The highest BCUT2D eigenvalue weighted by Crippen LogP contribution is 2.24. The molecule has 0 aliphatic carbocycles. The van der Waals surface area contributed by atoms with Gasteiger partial charge < -0.3 is 10.4 Å². The van der Waals surface area contributed by atoms with E-state index in [1.54, 1.807) is 13.0 Å². The number of carbonyl (C=O) groups is 2. The van der Waals surface area contributed by atoms with E-state index in [9.17, 15) is 9.59 Å². The molecule has 2 N–H and O–H groups in total. The van der Waals surface area contributed by atoms with Gasteiger partial charge in [-0.2, -0.15) is 0 Å². The van der Waals surface area contributed by atoms with Gasteiger partial charge in [0.05, 0.1) is 16.3 Å². The molecule has 0 atom stereocenters. The fourth-order valence-corrected chi connectivity index (χ4v) is 2.28. The number of amides is 1. The lowest BCUT2D eigenvalue weighted by Crippen LogP contribution is -2.13. The third-order valence-electron chi connectivity index (χ3n) is 3.07. The van der Waals surface area contributed by atoms with E-state index in [4.69, 9.17) is 16.7 Å². The number of benzene rings is 2. The second-order valence-electron chi connectivity index (χ2n) is 4.83. The number of aromatic carboxylic acids is 1. The predicted octanol–water partition coefficient (Wildman–Crippen LogP) is 4.84. The van der Waals surface area contributed by atoms with Crippen LogP contribution in [-0.2, 0) is 4.79 Å². The van der Waals surface area contributed by atoms with Crippen molar-refractivity contribution in [1.29, 1.82) is 0 Å². The third kappa shape index (κ3) is 4.68. The summed E-state index contributed by atoms with van der Waals surface area (Å²) in [5, 5.41) is 11.9. The molecule has 0 saturated heterocycles. The van der Waals surface area contributed by atoms with E-state index in [-0.39, 0.29) is 22.2 Å². The molecule has 0 unspecified atom stereocenters. The van der Waals surface area contributed by atoms with Crippen LogP contribution < -0.4 is 5.32 Å². The van der Waals surface area contributed by atoms with E-state index in [2.05, 4.69) is 21.2 Å². The number of hydrogen-bond acceptors (Lipinski definition) is 2. The summed E-state index contributed by atoms with van der Waals surface area (Å²) in [6, 6.07) is 11.7. The number of hydrogen-bond donors (Lipinski definition) is 2. The van der Waals surface area contributed by atoms with Crippen molar-refractivity contribution < 1.29 is 14.7 Å². The van der Waals surface area contributed by atoms with Gasteiger partial charge in [-0.25, -0.2) is 4.79 Å². The normalized spacial score (nSPS) is 11.2. The molecule has 0 spiro atoms. The summed E-state index contributed by atoms with van der Waals surface area (Å²) in [4.78, 5) is 23.2. The lowest BCUT2D eigenvalue weighted by atomic mass is 10.1. The zero-order valence-corrected chi connectivity index (χ0v) is 14.5. The number of rotatable bonds is 4. The van der Waals surface area contributed by atoms with E-state index in [0.717, 1.165) is 10.0 Å². The van der Waals surface area contributed by atoms with Crippen molar-refractivity contribution in [3.63, 3.8) is 0 Å². The van der Waals surface area contributed by atoms with Crippen LogP contribution in [0, 0.1) is 0 Å². The first-order chi connectivity index (χ1) is 10.9. The Hall–Kier alpha value is -2.11. The third-order valence-corrected chi connectivity index (χ3v) is 3.93. The number of nitrogens with one attached hydrogen (secondary N) is 1. The van der Waals surface area contributed by atoms with Gasteiger partial charge in [0.15, 0.2) is 0 Å². The van der Waals surface area contributed by atoms with E-state index < -0.39 is 5.97 Å². The maximum absolute atomic E-state index is 12.2. The quantitative estimate of drug-likeness (QED) is 0.729. The van der Waals surface area contributed by atoms with Crippen molar-refractivity contribution >= 4 is 51.2 Å². The predicted molar refractivity (Wildman–Crippen MR) is 94.8 cm³/mol. The van der Waals surface area contributed by atoms with Crippen LogP contribution in [0.25, 0.3) is 6.08 Å². The molecule has 0 bridgehead atoms. The molecule has 1 amide bonds. The summed E-state index contributed by atoms with van der Waals surface area (Å²) in [5.41, 5.74) is 1.68. The fraction of sp³-hybridized carbons (Fsp3) is 0.0588. The molecule has 0 aliphatic rings. The second kappa shape index (κ2) is 7.44. The monoisotopic (exact) mass is 393 g/mol. The van der Waals surface area contributed by atoms with Crippen molar-refractivity contribution in [1.82, 2.24) is 0 Å². The smallest absolute Gasteiger partial charge is 0.335 e. The van der Waals surface area contributed by atoms with Crippen LogP contribution >= 0.6 is 27.5 Å². The van der Waals surface area contributed by atoms with E-state index >= 15 is 0 Å². The van der Waals surface area contributed by atoms with Gasteiger partial charge in [-0.1, -0.05) is 39.7 Å². The van der Waals surface area contributed by atoms with E-state index in [0.29, 0.717) is 5.57 Å². The molecule has 118 valence electrons. The van der Waals surface area contributed by atoms with Crippen LogP contribution in [0.4, 0.5) is 5.69 Å². The van der Waals surface area contributed by atoms with Gasteiger partial charge in [-0.3, -0.25) is 4.79 Å². The largest absolute Gasteiger partial charge is 0.478 e. The van der Waals surface area contributed by atoms with Crippen LogP contribution in [0.15, 0.2) is 52.5 Å². The van der Waals surface area contributed by atoms with Gasteiger partial charge in [-0.15, -0.1) is 0 Å². The van der Waals surface area contributed by atoms with Crippen LogP contribution in [0.3, 0.4) is 0 Å². The highest BCUT2D eigenvalue weighted by atomic mass is 79.9. The molecule has 0 aromatic heterocycles. The summed E-state index contributed by atoms with van der Waals surface area (Å²) in [6.45, 7) is 1.67. The maximum atomic E-state index is 12.2. The van der Waals surface area contributed by atoms with Crippen molar-refractivity contribution in [3.8, 4) is 0 Å². The Morgan fingerprint density at radius 1 is 1.17 bits per heavy atom. The molecular formula is C17H13BrClNO3. The number of anilines is 1. The molecule has 6 heteroatoms. The molecule has 23 heavy (non-hydrogen) atoms. The Kier molecular flexibility index (Phi) is 5.58. The molecule has 0 heterocycles. The summed E-state index contributed by atoms with van der Waals surface area (Å²) in [5.74, 6) is -1.43. The van der Waals surface area contributed by atoms with E-state index in [1.165, 1.54) is 18.2 Å². The zero-order chi connectivity index (χ0) is 17.0. The minimum absolute atomic E-state index is 0.0549. The molecule has 0 aliphatic heterocycles. The van der Waals surface area contributed by atoms with Crippen molar-refractivity contribution in [2.24, 2.45) is 0 Å². The standard InChI is InChI=1S/C17H13BrClNO3/c1-10(8-11-2-5-13(18)6-3-11)16(21)20-15-9-12(17(22)23)4-7-14(15)19/h2-9H,1H3,(H,20,21)(H,22,23). The minimum Gasteiger partial charge on any atom is -0.478 e. The summed E-state index contributed by atoms with van der Waals surface area (Å²) in [6.07, 6.45) is 1.73. The molecule has 2 aromatic carbocycles. The fourth-order valence-electron chi connectivity index (χ4n) is 1.85. The zero-order valence-electron chi connectivity index (χ0n) is 12.1. The topological polar surface area (TPSA) is 66.4 Å². The molecule has 0 fully saturated rings. The van der Waals surface area contributed by atoms with Crippen molar-refractivity contribution in [2.75, 3.05) is 5.32 Å². The summed E-state index contributed by atoms with van der Waals surface area (Å²) in [7, 11) is 0. The first kappa shape index (κ1) is 17.2. The highest BCUT2D eigenvalue weighted by Gasteiger charge is 2.11. The molecule has 2 aromatic rings. The summed E-state index contributed by atoms with van der Waals surface area (Å²) >= 11 is 9.34. The van der Waals surface area contributed by atoms with Crippen molar-refractivity contribution in [3.05, 3.63) is 68.7 Å². The Balaban J connectivity index is 2.19. The molecule has 4 nitrogen and oxygen atoms in total. The van der Waals surface area contributed by atoms with Crippen molar-refractivity contribution in [2.45, 2.75) is 6.92 Å². The van der Waals surface area contributed by atoms with Gasteiger partial charge >= 0.3 is 5.97 Å². The number of carbonyl (C=O) groups excluding carboxylic acids is 1. The van der Waals surface area contributed by atoms with Gasteiger partial charge in [0.1, 0.15) is 0 Å². The molecule has 0 saturated carbocycles. The van der Waals surface area contributed by atoms with Crippen LogP contribution in [0.1, 0.15) is 22.8 Å². The van der Waals surface area contributed by atoms with Gasteiger partial charge in [-0.05, 0) is 48.9 Å². The van der Waals surface area contributed by atoms with Crippen LogP contribution in [-0.4, -0.2) is 17.0 Å². The molecule has 0 radical (unpaired) electrons.